The van der Waals surface area contributed by atoms with Crippen molar-refractivity contribution in [3.63, 3.8) is 0 Å². The molecule has 0 saturated heterocycles. The second-order valence-corrected chi connectivity index (χ2v) is 6.97. The van der Waals surface area contributed by atoms with Crippen molar-refractivity contribution >= 4 is 21.8 Å². The molecular weight excluding hydrogens is 320 g/mol. The lowest BCUT2D eigenvalue weighted by Gasteiger charge is -2.19. The van der Waals surface area contributed by atoms with E-state index in [2.05, 4.69) is 0 Å². The van der Waals surface area contributed by atoms with E-state index in [9.17, 15) is 28.2 Å². The van der Waals surface area contributed by atoms with Gasteiger partial charge in [-0.1, -0.05) is 60.7 Å². The highest BCUT2D eigenvalue weighted by Crippen LogP contribution is 2.34. The first-order chi connectivity index (χ1) is 10.9. The minimum atomic E-state index is -4.57. The molecule has 2 N–H and O–H groups in total. The summed E-state index contributed by atoms with van der Waals surface area (Å²) in [6.45, 7) is 0. The van der Waals surface area contributed by atoms with Crippen molar-refractivity contribution < 1.29 is 28.2 Å². The van der Waals surface area contributed by atoms with Crippen LogP contribution in [0.4, 0.5) is 0 Å². The lowest BCUT2D eigenvalue weighted by molar-refractivity contribution is -0.136. The summed E-state index contributed by atoms with van der Waals surface area (Å²) in [5.74, 6) is -3.23. The smallest absolute Gasteiger partial charge is 0.326 e. The number of hydrogen-bond acceptors (Lipinski definition) is 4. The summed E-state index contributed by atoms with van der Waals surface area (Å²) in [7, 11) is -4.57. The fourth-order valence-corrected chi connectivity index (χ4v) is 4.24. The van der Waals surface area contributed by atoms with E-state index in [4.69, 9.17) is 0 Å². The summed E-state index contributed by atoms with van der Waals surface area (Å²) in [6, 6.07) is 14.6. The Morgan fingerprint density at radius 3 is 1.26 bits per heavy atom. The molecule has 0 bridgehead atoms. The van der Waals surface area contributed by atoms with Gasteiger partial charge in [0, 0.05) is 0 Å². The molecule has 0 aliphatic heterocycles. The summed E-state index contributed by atoms with van der Waals surface area (Å²) < 4.78 is 25.5. The number of rotatable bonds is 6. The van der Waals surface area contributed by atoms with E-state index in [0.29, 0.717) is 0 Å². The molecular formula is C16H14O6S. The van der Waals surface area contributed by atoms with Crippen LogP contribution < -0.4 is 0 Å². The average Bonchev–Trinajstić information content (AvgIpc) is 2.48. The molecule has 0 saturated carbocycles. The molecule has 0 aliphatic rings. The van der Waals surface area contributed by atoms with Gasteiger partial charge < -0.3 is 10.2 Å². The lowest BCUT2D eigenvalue weighted by atomic mass is 10.1. The maximum Gasteiger partial charge on any atom is 0.326 e. The van der Waals surface area contributed by atoms with Gasteiger partial charge in [-0.3, -0.25) is 9.59 Å². The van der Waals surface area contributed by atoms with Crippen molar-refractivity contribution in [1.29, 1.82) is 0 Å². The number of carboxylic acids is 2. The van der Waals surface area contributed by atoms with Crippen LogP contribution in [0.25, 0.3) is 0 Å². The third kappa shape index (κ3) is 3.40. The second-order valence-electron chi connectivity index (χ2n) is 4.85. The number of hydrogen-bond donors (Lipinski definition) is 2. The fraction of sp³-hybridized carbons (Fsp3) is 0.125. The van der Waals surface area contributed by atoms with E-state index in [-0.39, 0.29) is 11.1 Å². The number of benzene rings is 2. The van der Waals surface area contributed by atoms with Gasteiger partial charge in [-0.2, -0.15) is 0 Å². The third-order valence-electron chi connectivity index (χ3n) is 3.31. The largest absolute Gasteiger partial charge is 0.480 e. The van der Waals surface area contributed by atoms with Crippen molar-refractivity contribution in [2.45, 2.75) is 10.5 Å². The van der Waals surface area contributed by atoms with Crippen LogP contribution >= 0.6 is 0 Å². The van der Waals surface area contributed by atoms with E-state index in [1.165, 1.54) is 48.5 Å². The standard InChI is InChI=1S/C16H14O6S/c17-15(18)13(11-7-3-1-4-8-11)23(21,22)14(16(19)20)12-9-5-2-6-10-12/h1-10,13-14H,(H,17,18)(H,19,20). The average molecular weight is 334 g/mol. The maximum atomic E-state index is 12.8. The summed E-state index contributed by atoms with van der Waals surface area (Å²) in [6.07, 6.45) is 0. The highest BCUT2D eigenvalue weighted by molar-refractivity contribution is 7.93. The summed E-state index contributed by atoms with van der Waals surface area (Å²) >= 11 is 0. The summed E-state index contributed by atoms with van der Waals surface area (Å²) in [5, 5.41) is 14.8. The van der Waals surface area contributed by atoms with Gasteiger partial charge in [0.25, 0.3) is 0 Å². The first-order valence-electron chi connectivity index (χ1n) is 6.64. The van der Waals surface area contributed by atoms with E-state index in [1.807, 2.05) is 0 Å². The minimum absolute atomic E-state index is 0.0159. The van der Waals surface area contributed by atoms with Gasteiger partial charge in [0.15, 0.2) is 20.3 Å². The molecule has 0 fully saturated rings. The normalized spacial score (nSPS) is 13.9. The molecule has 2 unspecified atom stereocenters. The molecule has 2 aromatic rings. The van der Waals surface area contributed by atoms with E-state index >= 15 is 0 Å². The Kier molecular flexibility index (Phi) is 4.80. The van der Waals surface area contributed by atoms with Crippen molar-refractivity contribution in [2.24, 2.45) is 0 Å². The number of aliphatic carboxylic acids is 2. The molecule has 0 radical (unpaired) electrons. The van der Waals surface area contributed by atoms with Gasteiger partial charge in [0.1, 0.15) is 0 Å². The minimum Gasteiger partial charge on any atom is -0.480 e. The Labute approximate surface area is 132 Å². The SMILES string of the molecule is O=C(O)C(c1ccccc1)S(=O)(=O)C(C(=O)O)c1ccccc1. The first-order valence-corrected chi connectivity index (χ1v) is 8.25. The zero-order valence-corrected chi connectivity index (χ0v) is 12.7. The van der Waals surface area contributed by atoms with Gasteiger partial charge in [-0.25, -0.2) is 8.42 Å². The van der Waals surface area contributed by atoms with Crippen LogP contribution in [0.3, 0.4) is 0 Å². The fourth-order valence-electron chi connectivity index (χ4n) is 2.34. The quantitative estimate of drug-likeness (QED) is 0.837. The van der Waals surface area contributed by atoms with Crippen LogP contribution in [0.5, 0.6) is 0 Å². The predicted molar refractivity (Wildman–Crippen MR) is 82.6 cm³/mol. The third-order valence-corrected chi connectivity index (χ3v) is 5.57. The number of carbonyl (C=O) groups is 2. The van der Waals surface area contributed by atoms with Crippen molar-refractivity contribution in [3.8, 4) is 0 Å². The molecule has 0 aliphatic carbocycles. The van der Waals surface area contributed by atoms with Crippen LogP contribution in [-0.2, 0) is 19.4 Å². The molecule has 0 heterocycles. The molecule has 2 atom stereocenters. The van der Waals surface area contributed by atoms with Crippen LogP contribution in [0.15, 0.2) is 60.7 Å². The molecule has 7 heteroatoms. The summed E-state index contributed by atoms with van der Waals surface area (Å²) in [5.41, 5.74) is 0.0318. The zero-order chi connectivity index (χ0) is 17.0. The van der Waals surface area contributed by atoms with Crippen LogP contribution in [0.1, 0.15) is 21.6 Å². The van der Waals surface area contributed by atoms with Gasteiger partial charge in [0.2, 0.25) is 0 Å². The zero-order valence-electron chi connectivity index (χ0n) is 11.9. The van der Waals surface area contributed by atoms with Crippen molar-refractivity contribution in [3.05, 3.63) is 71.8 Å². The van der Waals surface area contributed by atoms with Crippen molar-refractivity contribution in [1.82, 2.24) is 0 Å². The Morgan fingerprint density at radius 2 is 1.00 bits per heavy atom. The van der Waals surface area contributed by atoms with E-state index in [1.54, 1.807) is 12.1 Å². The Morgan fingerprint density at radius 1 is 0.696 bits per heavy atom. The van der Waals surface area contributed by atoms with Crippen LogP contribution in [0, 0.1) is 0 Å². The Balaban J connectivity index is 2.60. The predicted octanol–water partition coefficient (Wildman–Crippen LogP) is 2.05. The molecule has 0 aromatic heterocycles. The van der Waals surface area contributed by atoms with Gasteiger partial charge in [0.05, 0.1) is 0 Å². The molecule has 0 spiro atoms. The first kappa shape index (κ1) is 16.7. The molecule has 2 aromatic carbocycles. The monoisotopic (exact) mass is 334 g/mol. The topological polar surface area (TPSA) is 109 Å². The maximum absolute atomic E-state index is 12.8. The van der Waals surface area contributed by atoms with Gasteiger partial charge in [-0.15, -0.1) is 0 Å². The number of sulfone groups is 1. The van der Waals surface area contributed by atoms with Crippen LogP contribution in [0.2, 0.25) is 0 Å². The lowest BCUT2D eigenvalue weighted by Crippen LogP contribution is -2.31. The molecule has 120 valence electrons. The van der Waals surface area contributed by atoms with E-state index in [0.717, 1.165) is 0 Å². The van der Waals surface area contributed by atoms with Crippen molar-refractivity contribution in [2.75, 3.05) is 0 Å². The molecule has 23 heavy (non-hydrogen) atoms. The number of carboxylic acid groups (broad SMARTS) is 2. The van der Waals surface area contributed by atoms with Crippen LogP contribution in [-0.4, -0.2) is 30.6 Å². The van der Waals surface area contributed by atoms with Gasteiger partial charge >= 0.3 is 11.9 Å². The van der Waals surface area contributed by atoms with Gasteiger partial charge in [-0.05, 0) is 11.1 Å². The molecule has 0 amide bonds. The summed E-state index contributed by atoms with van der Waals surface area (Å²) in [4.78, 5) is 23.1. The Bertz CT molecular complexity index is 735. The molecule has 6 nitrogen and oxygen atoms in total. The Hall–Kier alpha value is -2.67. The second kappa shape index (κ2) is 6.62. The highest BCUT2D eigenvalue weighted by atomic mass is 32.2. The molecule has 2 rings (SSSR count). The van der Waals surface area contributed by atoms with E-state index < -0.39 is 32.3 Å². The highest BCUT2D eigenvalue weighted by Gasteiger charge is 2.44.